The van der Waals surface area contributed by atoms with Crippen molar-refractivity contribution in [1.29, 1.82) is 0 Å². The summed E-state index contributed by atoms with van der Waals surface area (Å²) in [6, 6.07) is 3.44. The van der Waals surface area contributed by atoms with Gasteiger partial charge in [0.05, 0.1) is 6.54 Å². The molecule has 1 unspecified atom stereocenters. The van der Waals surface area contributed by atoms with Crippen LogP contribution in [0.15, 0.2) is 22.7 Å². The van der Waals surface area contributed by atoms with E-state index in [0.29, 0.717) is 4.47 Å². The van der Waals surface area contributed by atoms with E-state index >= 15 is 0 Å². The molecule has 1 rings (SSSR count). The molecule has 8 heteroatoms. The predicted octanol–water partition coefficient (Wildman–Crippen LogP) is 3.04. The summed E-state index contributed by atoms with van der Waals surface area (Å²) in [6.07, 6.45) is -4.60. The number of rotatable bonds is 4. The lowest BCUT2D eigenvalue weighted by Crippen LogP contribution is -2.50. The normalized spacial score (nSPS) is 15.1. The molecule has 0 bridgehead atoms. The Balaban J connectivity index is 3.19. The molecule has 0 amide bonds. The molecule has 0 saturated heterocycles. The van der Waals surface area contributed by atoms with Crippen LogP contribution >= 0.6 is 15.9 Å². The third kappa shape index (κ3) is 3.90. The Kier molecular flexibility index (Phi) is 4.57. The number of alkyl halides is 3. The van der Waals surface area contributed by atoms with Crippen molar-refractivity contribution >= 4 is 21.9 Å². The van der Waals surface area contributed by atoms with E-state index in [2.05, 4.69) is 15.9 Å². The Morgan fingerprint density at radius 2 is 2.00 bits per heavy atom. The van der Waals surface area contributed by atoms with Crippen LogP contribution < -0.4 is 5.32 Å². The van der Waals surface area contributed by atoms with E-state index in [4.69, 9.17) is 5.11 Å². The molecule has 0 aromatic heterocycles. The van der Waals surface area contributed by atoms with Crippen molar-refractivity contribution in [3.8, 4) is 0 Å². The van der Waals surface area contributed by atoms with Gasteiger partial charge >= 0.3 is 12.1 Å². The molecular formula is C11H10BrF4NO2. The van der Waals surface area contributed by atoms with E-state index < -0.39 is 30.0 Å². The number of carboxylic acid groups (broad SMARTS) is 1. The number of carbonyl (C=O) groups is 1. The molecule has 3 nitrogen and oxygen atoms in total. The molecule has 0 radical (unpaired) electrons. The van der Waals surface area contributed by atoms with E-state index in [-0.39, 0.29) is 5.56 Å². The van der Waals surface area contributed by atoms with Gasteiger partial charge in [-0.15, -0.1) is 0 Å². The van der Waals surface area contributed by atoms with Gasteiger partial charge < -0.3 is 5.11 Å². The highest BCUT2D eigenvalue weighted by Gasteiger charge is 2.41. The van der Waals surface area contributed by atoms with Gasteiger partial charge in [-0.25, -0.2) is 9.18 Å². The highest BCUT2D eigenvalue weighted by atomic mass is 79.9. The molecule has 0 saturated carbocycles. The summed E-state index contributed by atoms with van der Waals surface area (Å²) < 4.78 is 50.6. The zero-order valence-electron chi connectivity index (χ0n) is 9.68. The lowest BCUT2D eigenvalue weighted by Gasteiger charge is -2.28. The number of nitrogens with one attached hydrogen (secondary N) is 1. The van der Waals surface area contributed by atoms with E-state index in [1.54, 1.807) is 0 Å². The molecule has 1 aromatic carbocycles. The van der Waals surface area contributed by atoms with Crippen LogP contribution in [0.5, 0.6) is 0 Å². The van der Waals surface area contributed by atoms with Crippen LogP contribution in [-0.2, 0) is 10.3 Å². The fraction of sp³-hybridized carbons (Fsp3) is 0.364. The van der Waals surface area contributed by atoms with Crippen molar-refractivity contribution in [3.05, 3.63) is 34.1 Å². The topological polar surface area (TPSA) is 49.3 Å². The van der Waals surface area contributed by atoms with Gasteiger partial charge in [0.25, 0.3) is 0 Å². The van der Waals surface area contributed by atoms with Crippen LogP contribution in [0.4, 0.5) is 17.6 Å². The first-order valence-corrected chi connectivity index (χ1v) is 5.86. The molecule has 2 N–H and O–H groups in total. The minimum Gasteiger partial charge on any atom is -0.480 e. The average Bonchev–Trinajstić information content (AvgIpc) is 2.28. The van der Waals surface area contributed by atoms with Gasteiger partial charge in [-0.05, 0) is 25.1 Å². The SMILES string of the molecule is CC(NCC(F)(F)F)(C(=O)O)c1cc(Br)ccc1F. The average molecular weight is 344 g/mol. The van der Waals surface area contributed by atoms with E-state index in [1.807, 2.05) is 5.32 Å². The summed E-state index contributed by atoms with van der Waals surface area (Å²) in [6.45, 7) is -0.562. The summed E-state index contributed by atoms with van der Waals surface area (Å²) in [5.74, 6) is -2.50. The van der Waals surface area contributed by atoms with Gasteiger partial charge in [0.1, 0.15) is 11.4 Å². The van der Waals surface area contributed by atoms with E-state index in [0.717, 1.165) is 19.1 Å². The molecule has 0 aliphatic carbocycles. The van der Waals surface area contributed by atoms with Crippen LogP contribution in [0.2, 0.25) is 0 Å². The van der Waals surface area contributed by atoms with Gasteiger partial charge in [-0.1, -0.05) is 15.9 Å². The van der Waals surface area contributed by atoms with E-state index in [9.17, 15) is 22.4 Å². The molecular weight excluding hydrogens is 334 g/mol. The summed E-state index contributed by atoms with van der Waals surface area (Å²) >= 11 is 3.02. The summed E-state index contributed by atoms with van der Waals surface area (Å²) in [5, 5.41) is 10.9. The largest absolute Gasteiger partial charge is 0.480 e. The lowest BCUT2D eigenvalue weighted by atomic mass is 9.91. The van der Waals surface area contributed by atoms with Crippen molar-refractivity contribution in [2.45, 2.75) is 18.6 Å². The molecule has 1 aromatic rings. The van der Waals surface area contributed by atoms with Crippen molar-refractivity contribution in [2.24, 2.45) is 0 Å². The number of halogens is 5. The van der Waals surface area contributed by atoms with Gasteiger partial charge in [-0.2, -0.15) is 13.2 Å². The van der Waals surface area contributed by atoms with Crippen LogP contribution in [0, 0.1) is 5.82 Å². The minimum absolute atomic E-state index is 0.366. The summed E-state index contributed by atoms with van der Waals surface area (Å²) in [4.78, 5) is 11.2. The standard InChI is InChI=1S/C11H10BrF4NO2/c1-10(9(18)19,17-5-11(14,15)16)7-4-6(12)2-3-8(7)13/h2-4,17H,5H2,1H3,(H,18,19). The Labute approximate surface area is 114 Å². The van der Waals surface area contributed by atoms with E-state index in [1.165, 1.54) is 6.07 Å². The van der Waals surface area contributed by atoms with Crippen LogP contribution in [0.3, 0.4) is 0 Å². The third-order valence-electron chi connectivity index (χ3n) is 2.54. The summed E-state index contributed by atoms with van der Waals surface area (Å²) in [5.41, 5.74) is -2.55. The Bertz CT molecular complexity index is 492. The zero-order chi connectivity index (χ0) is 14.8. The van der Waals surface area contributed by atoms with Crippen molar-refractivity contribution in [2.75, 3.05) is 6.54 Å². The fourth-order valence-corrected chi connectivity index (χ4v) is 1.80. The number of hydrogen-bond acceptors (Lipinski definition) is 2. The Morgan fingerprint density at radius 1 is 1.42 bits per heavy atom. The second kappa shape index (κ2) is 5.46. The first kappa shape index (κ1) is 15.9. The molecule has 1 atom stereocenters. The molecule has 0 aliphatic rings. The van der Waals surface area contributed by atoms with Gasteiger partial charge in [0.15, 0.2) is 0 Å². The second-order valence-corrected chi connectivity index (χ2v) is 4.94. The van der Waals surface area contributed by atoms with Crippen LogP contribution in [0.1, 0.15) is 12.5 Å². The highest BCUT2D eigenvalue weighted by Crippen LogP contribution is 2.28. The van der Waals surface area contributed by atoms with Crippen molar-refractivity contribution in [3.63, 3.8) is 0 Å². The fourth-order valence-electron chi connectivity index (χ4n) is 1.44. The quantitative estimate of drug-likeness (QED) is 0.826. The minimum atomic E-state index is -4.60. The molecule has 19 heavy (non-hydrogen) atoms. The smallest absolute Gasteiger partial charge is 0.401 e. The maximum atomic E-state index is 13.6. The molecule has 0 fully saturated rings. The maximum Gasteiger partial charge on any atom is 0.401 e. The number of benzene rings is 1. The van der Waals surface area contributed by atoms with Crippen LogP contribution in [0.25, 0.3) is 0 Å². The first-order chi connectivity index (χ1) is 8.56. The highest BCUT2D eigenvalue weighted by molar-refractivity contribution is 9.10. The van der Waals surface area contributed by atoms with Gasteiger partial charge in [0.2, 0.25) is 0 Å². The second-order valence-electron chi connectivity index (χ2n) is 4.02. The lowest BCUT2D eigenvalue weighted by molar-refractivity contribution is -0.150. The maximum absolute atomic E-state index is 13.6. The third-order valence-corrected chi connectivity index (χ3v) is 3.03. The van der Waals surface area contributed by atoms with Gasteiger partial charge in [-0.3, -0.25) is 5.32 Å². The number of carboxylic acids is 1. The first-order valence-electron chi connectivity index (χ1n) is 5.07. The molecule has 0 heterocycles. The summed E-state index contributed by atoms with van der Waals surface area (Å²) in [7, 11) is 0. The molecule has 0 spiro atoms. The predicted molar refractivity (Wildman–Crippen MR) is 63.1 cm³/mol. The van der Waals surface area contributed by atoms with Gasteiger partial charge in [0, 0.05) is 10.0 Å². The number of aliphatic carboxylic acids is 1. The molecule has 106 valence electrons. The van der Waals surface area contributed by atoms with Crippen molar-refractivity contribution < 1.29 is 27.5 Å². The van der Waals surface area contributed by atoms with Crippen LogP contribution in [-0.4, -0.2) is 23.8 Å². The van der Waals surface area contributed by atoms with Crippen molar-refractivity contribution in [1.82, 2.24) is 5.32 Å². The zero-order valence-corrected chi connectivity index (χ0v) is 11.3. The number of hydrogen-bond donors (Lipinski definition) is 2. The monoisotopic (exact) mass is 343 g/mol. The Morgan fingerprint density at radius 3 is 2.47 bits per heavy atom. The molecule has 0 aliphatic heterocycles. The Hall–Kier alpha value is -1.15.